The maximum absolute atomic E-state index is 12.2. The predicted octanol–water partition coefficient (Wildman–Crippen LogP) is 4.23. The van der Waals surface area contributed by atoms with Gasteiger partial charge >= 0.3 is 5.97 Å². The monoisotopic (exact) mass is 339 g/mol. The van der Waals surface area contributed by atoms with E-state index in [4.69, 9.17) is 0 Å². The molecule has 0 spiro atoms. The van der Waals surface area contributed by atoms with Crippen molar-refractivity contribution in [3.05, 3.63) is 71.8 Å². The third-order valence-electron chi connectivity index (χ3n) is 5.09. The largest absolute Gasteiger partial charge is 0.481 e. The molecule has 134 valence electrons. The molecule has 0 fully saturated rings. The van der Waals surface area contributed by atoms with Crippen LogP contribution < -0.4 is 0 Å². The van der Waals surface area contributed by atoms with Crippen LogP contribution in [0, 0.1) is 5.92 Å². The summed E-state index contributed by atoms with van der Waals surface area (Å²) in [6.45, 7) is 2.84. The SMILES string of the molecule is CCC(C(=O)O)C(CCN(C)C)(Cc1ccccc1)c1ccccc1. The zero-order valence-corrected chi connectivity index (χ0v) is 15.5. The second-order valence-electron chi connectivity index (χ2n) is 7.04. The normalized spacial score (nSPS) is 14.9. The van der Waals surface area contributed by atoms with Gasteiger partial charge in [0.25, 0.3) is 0 Å². The molecule has 0 amide bonds. The van der Waals surface area contributed by atoms with Crippen LogP contribution in [-0.4, -0.2) is 36.6 Å². The van der Waals surface area contributed by atoms with E-state index in [0.717, 1.165) is 24.9 Å². The molecule has 2 unspecified atom stereocenters. The first-order valence-corrected chi connectivity index (χ1v) is 8.96. The molecule has 2 rings (SSSR count). The number of benzene rings is 2. The Labute approximate surface area is 151 Å². The third kappa shape index (κ3) is 4.70. The maximum Gasteiger partial charge on any atom is 0.307 e. The van der Waals surface area contributed by atoms with Crippen molar-refractivity contribution in [1.29, 1.82) is 0 Å². The van der Waals surface area contributed by atoms with Crippen LogP contribution in [0.1, 0.15) is 30.9 Å². The third-order valence-corrected chi connectivity index (χ3v) is 5.09. The smallest absolute Gasteiger partial charge is 0.307 e. The second kappa shape index (κ2) is 8.82. The molecule has 0 bridgehead atoms. The molecule has 2 aromatic carbocycles. The Bertz CT molecular complexity index is 654. The Morgan fingerprint density at radius 3 is 2.08 bits per heavy atom. The zero-order valence-electron chi connectivity index (χ0n) is 15.5. The Morgan fingerprint density at radius 1 is 1.04 bits per heavy atom. The van der Waals surface area contributed by atoms with Gasteiger partial charge in [0, 0.05) is 5.41 Å². The number of hydrogen-bond donors (Lipinski definition) is 1. The number of carboxylic acid groups (broad SMARTS) is 1. The highest BCUT2D eigenvalue weighted by molar-refractivity contribution is 5.72. The number of nitrogens with zero attached hydrogens (tertiary/aromatic N) is 1. The Morgan fingerprint density at radius 2 is 1.60 bits per heavy atom. The number of carbonyl (C=O) groups is 1. The molecule has 2 aromatic rings. The van der Waals surface area contributed by atoms with Crippen molar-refractivity contribution >= 4 is 5.97 Å². The minimum absolute atomic E-state index is 0.421. The van der Waals surface area contributed by atoms with Gasteiger partial charge in [0.15, 0.2) is 0 Å². The number of carboxylic acids is 1. The van der Waals surface area contributed by atoms with Crippen molar-refractivity contribution in [2.75, 3.05) is 20.6 Å². The lowest BCUT2D eigenvalue weighted by atomic mass is 9.63. The lowest BCUT2D eigenvalue weighted by Gasteiger charge is -2.40. The van der Waals surface area contributed by atoms with Crippen molar-refractivity contribution in [1.82, 2.24) is 4.90 Å². The molecular weight excluding hydrogens is 310 g/mol. The minimum atomic E-state index is -0.707. The highest BCUT2D eigenvalue weighted by Crippen LogP contribution is 2.41. The second-order valence-corrected chi connectivity index (χ2v) is 7.04. The first kappa shape index (κ1) is 19.2. The zero-order chi connectivity index (χ0) is 18.3. The van der Waals surface area contributed by atoms with E-state index in [9.17, 15) is 9.90 Å². The number of rotatable bonds is 9. The van der Waals surface area contributed by atoms with Crippen molar-refractivity contribution in [3.63, 3.8) is 0 Å². The average Bonchev–Trinajstić information content (AvgIpc) is 2.61. The fraction of sp³-hybridized carbons (Fsp3) is 0.409. The minimum Gasteiger partial charge on any atom is -0.481 e. The topological polar surface area (TPSA) is 40.5 Å². The van der Waals surface area contributed by atoms with Crippen LogP contribution in [0.5, 0.6) is 0 Å². The summed E-state index contributed by atoms with van der Waals surface area (Å²) in [6.07, 6.45) is 2.16. The summed E-state index contributed by atoms with van der Waals surface area (Å²) in [5.74, 6) is -1.13. The van der Waals surface area contributed by atoms with Gasteiger partial charge in [-0.3, -0.25) is 4.79 Å². The van der Waals surface area contributed by atoms with Crippen LogP contribution >= 0.6 is 0 Å². The van der Waals surface area contributed by atoms with Gasteiger partial charge in [-0.05, 0) is 51.0 Å². The van der Waals surface area contributed by atoms with Crippen molar-refractivity contribution < 1.29 is 9.90 Å². The quantitative estimate of drug-likeness (QED) is 0.743. The highest BCUT2D eigenvalue weighted by atomic mass is 16.4. The van der Waals surface area contributed by atoms with E-state index in [2.05, 4.69) is 29.2 Å². The van der Waals surface area contributed by atoms with E-state index >= 15 is 0 Å². The predicted molar refractivity (Wildman–Crippen MR) is 103 cm³/mol. The first-order valence-electron chi connectivity index (χ1n) is 8.96. The molecule has 0 aliphatic heterocycles. The molecule has 0 radical (unpaired) electrons. The fourth-order valence-electron chi connectivity index (χ4n) is 3.79. The Kier molecular flexibility index (Phi) is 6.77. The summed E-state index contributed by atoms with van der Waals surface area (Å²) in [4.78, 5) is 14.3. The van der Waals surface area contributed by atoms with Crippen LogP contribution in [0.15, 0.2) is 60.7 Å². The molecule has 0 heterocycles. The number of aliphatic carboxylic acids is 1. The van der Waals surface area contributed by atoms with Gasteiger partial charge in [0.05, 0.1) is 5.92 Å². The van der Waals surface area contributed by atoms with Gasteiger partial charge < -0.3 is 10.0 Å². The van der Waals surface area contributed by atoms with Crippen LogP contribution in [0.4, 0.5) is 0 Å². The van der Waals surface area contributed by atoms with Crippen molar-refractivity contribution in [2.45, 2.75) is 31.6 Å². The molecule has 25 heavy (non-hydrogen) atoms. The summed E-state index contributed by atoms with van der Waals surface area (Å²) >= 11 is 0. The van der Waals surface area contributed by atoms with E-state index in [1.54, 1.807) is 0 Å². The van der Waals surface area contributed by atoms with E-state index in [1.165, 1.54) is 5.56 Å². The van der Waals surface area contributed by atoms with Gasteiger partial charge in [0.1, 0.15) is 0 Å². The van der Waals surface area contributed by atoms with E-state index in [1.807, 2.05) is 57.4 Å². The molecule has 0 aliphatic carbocycles. The number of hydrogen-bond acceptors (Lipinski definition) is 2. The van der Waals surface area contributed by atoms with Crippen LogP contribution in [-0.2, 0) is 16.6 Å². The van der Waals surface area contributed by atoms with E-state index in [0.29, 0.717) is 6.42 Å². The Balaban J connectivity index is 2.56. The summed E-state index contributed by atoms with van der Waals surface area (Å²) in [6, 6.07) is 20.4. The van der Waals surface area contributed by atoms with E-state index < -0.39 is 17.3 Å². The van der Waals surface area contributed by atoms with Crippen LogP contribution in [0.25, 0.3) is 0 Å². The lowest BCUT2D eigenvalue weighted by Crippen LogP contribution is -2.43. The fourth-order valence-corrected chi connectivity index (χ4v) is 3.79. The van der Waals surface area contributed by atoms with Crippen molar-refractivity contribution in [3.8, 4) is 0 Å². The van der Waals surface area contributed by atoms with Gasteiger partial charge in [0.2, 0.25) is 0 Å². The lowest BCUT2D eigenvalue weighted by molar-refractivity contribution is -0.145. The maximum atomic E-state index is 12.2. The van der Waals surface area contributed by atoms with Gasteiger partial charge in [-0.25, -0.2) is 0 Å². The Hall–Kier alpha value is -2.13. The van der Waals surface area contributed by atoms with Gasteiger partial charge in [-0.15, -0.1) is 0 Å². The summed E-state index contributed by atoms with van der Waals surface area (Å²) < 4.78 is 0. The summed E-state index contributed by atoms with van der Waals surface area (Å²) in [5, 5.41) is 10.00. The molecule has 3 nitrogen and oxygen atoms in total. The van der Waals surface area contributed by atoms with E-state index in [-0.39, 0.29) is 0 Å². The molecule has 0 saturated heterocycles. The average molecular weight is 339 g/mol. The first-order chi connectivity index (χ1) is 12.0. The molecule has 1 N–H and O–H groups in total. The molecular formula is C22H29NO2. The molecule has 0 saturated carbocycles. The summed E-state index contributed by atoms with van der Waals surface area (Å²) in [7, 11) is 4.08. The van der Waals surface area contributed by atoms with Crippen molar-refractivity contribution in [2.24, 2.45) is 5.92 Å². The molecule has 0 aromatic heterocycles. The molecule has 3 heteroatoms. The van der Waals surface area contributed by atoms with Crippen LogP contribution in [0.3, 0.4) is 0 Å². The molecule has 0 aliphatic rings. The van der Waals surface area contributed by atoms with Gasteiger partial charge in [-0.2, -0.15) is 0 Å². The molecule has 2 atom stereocenters. The van der Waals surface area contributed by atoms with Gasteiger partial charge in [-0.1, -0.05) is 67.6 Å². The van der Waals surface area contributed by atoms with Crippen LogP contribution in [0.2, 0.25) is 0 Å². The standard InChI is InChI=1S/C22H29NO2/c1-4-20(21(24)25)22(15-16-23(2)3,19-13-9-6-10-14-19)17-18-11-7-5-8-12-18/h5-14,20H,4,15-17H2,1-3H3,(H,24,25). The summed E-state index contributed by atoms with van der Waals surface area (Å²) in [5.41, 5.74) is 1.88. The highest BCUT2D eigenvalue weighted by Gasteiger charge is 2.43.